The van der Waals surface area contributed by atoms with Crippen LogP contribution >= 0.6 is 0 Å². The molecule has 1 aromatic carbocycles. The number of hydrogen-bond donors (Lipinski definition) is 1. The van der Waals surface area contributed by atoms with Gasteiger partial charge in [-0.25, -0.2) is 13.4 Å². The minimum absolute atomic E-state index is 0.0819. The lowest BCUT2D eigenvalue weighted by Gasteiger charge is -2.21. The Bertz CT molecular complexity index is 716. The quantitative estimate of drug-likeness (QED) is 0.923. The summed E-state index contributed by atoms with van der Waals surface area (Å²) in [5.74, 6) is 0.625. The van der Waals surface area contributed by atoms with Crippen LogP contribution in [-0.4, -0.2) is 27.6 Å². The van der Waals surface area contributed by atoms with Gasteiger partial charge >= 0.3 is 0 Å². The van der Waals surface area contributed by atoms with Gasteiger partial charge < -0.3 is 10.5 Å². The smallest absolute Gasteiger partial charge is 0.264 e. The Morgan fingerprint density at radius 2 is 1.95 bits per heavy atom. The lowest BCUT2D eigenvalue weighted by atomic mass is 10.3. The first-order valence-corrected chi connectivity index (χ1v) is 7.24. The molecule has 2 aromatic rings. The Morgan fingerprint density at radius 3 is 2.60 bits per heavy atom. The fraction of sp³-hybridized carbons (Fsp3) is 0.154. The SMILES string of the molecule is COc1ccccc1N(C)S(=O)(=O)c1ccnc(N)c1. The number of sulfonamides is 1. The van der Waals surface area contributed by atoms with Crippen molar-refractivity contribution < 1.29 is 13.2 Å². The highest BCUT2D eigenvalue weighted by Gasteiger charge is 2.23. The van der Waals surface area contributed by atoms with Crippen LogP contribution in [0.15, 0.2) is 47.5 Å². The first kappa shape index (κ1) is 14.1. The lowest BCUT2D eigenvalue weighted by molar-refractivity contribution is 0.416. The number of nitrogens with two attached hydrogens (primary N) is 1. The molecule has 0 fully saturated rings. The second kappa shape index (κ2) is 5.38. The standard InChI is InChI=1S/C13H15N3O3S/c1-16(11-5-3-4-6-12(11)19-2)20(17,18)10-7-8-15-13(14)9-10/h3-9H,1-2H3,(H2,14,15). The van der Waals surface area contributed by atoms with Crippen molar-refractivity contribution in [1.29, 1.82) is 0 Å². The molecule has 0 radical (unpaired) electrons. The zero-order valence-corrected chi connectivity index (χ0v) is 12.0. The first-order chi connectivity index (χ1) is 9.46. The normalized spacial score (nSPS) is 11.1. The number of pyridine rings is 1. The van der Waals surface area contributed by atoms with Crippen molar-refractivity contribution in [2.45, 2.75) is 4.90 Å². The fourth-order valence-corrected chi connectivity index (χ4v) is 2.99. The van der Waals surface area contributed by atoms with Gasteiger partial charge in [0.15, 0.2) is 0 Å². The highest BCUT2D eigenvalue weighted by Crippen LogP contribution is 2.30. The molecule has 6 nitrogen and oxygen atoms in total. The van der Waals surface area contributed by atoms with Gasteiger partial charge in [-0.1, -0.05) is 12.1 Å². The van der Waals surface area contributed by atoms with Crippen LogP contribution in [0.3, 0.4) is 0 Å². The van der Waals surface area contributed by atoms with E-state index in [1.807, 2.05) is 0 Å². The van der Waals surface area contributed by atoms with Gasteiger partial charge in [0, 0.05) is 19.3 Å². The number of ether oxygens (including phenoxy) is 1. The van der Waals surface area contributed by atoms with Crippen LogP contribution in [0.4, 0.5) is 11.5 Å². The topological polar surface area (TPSA) is 85.5 Å². The van der Waals surface area contributed by atoms with E-state index in [0.717, 1.165) is 4.31 Å². The van der Waals surface area contributed by atoms with Crippen LogP contribution in [0.25, 0.3) is 0 Å². The van der Waals surface area contributed by atoms with E-state index in [-0.39, 0.29) is 10.7 Å². The lowest BCUT2D eigenvalue weighted by Crippen LogP contribution is -2.27. The molecule has 0 unspecified atom stereocenters. The van der Waals surface area contributed by atoms with Crippen LogP contribution in [0, 0.1) is 0 Å². The molecule has 2 N–H and O–H groups in total. The predicted octanol–water partition coefficient (Wildman–Crippen LogP) is 1.50. The third-order valence-corrected chi connectivity index (χ3v) is 4.60. The third kappa shape index (κ3) is 2.53. The highest BCUT2D eigenvalue weighted by atomic mass is 32.2. The number of aromatic nitrogens is 1. The van der Waals surface area contributed by atoms with Gasteiger partial charge in [-0.2, -0.15) is 0 Å². The highest BCUT2D eigenvalue weighted by molar-refractivity contribution is 7.92. The van der Waals surface area contributed by atoms with E-state index in [2.05, 4.69) is 4.98 Å². The van der Waals surface area contributed by atoms with Crippen LogP contribution in [0.5, 0.6) is 5.75 Å². The summed E-state index contributed by atoms with van der Waals surface area (Å²) in [5, 5.41) is 0. The molecule has 1 aromatic heterocycles. The molecule has 106 valence electrons. The van der Waals surface area contributed by atoms with Gasteiger partial charge in [0.25, 0.3) is 10.0 Å². The number of nitrogens with zero attached hydrogens (tertiary/aromatic N) is 2. The summed E-state index contributed by atoms with van der Waals surface area (Å²) in [6.45, 7) is 0. The zero-order valence-electron chi connectivity index (χ0n) is 11.1. The van der Waals surface area contributed by atoms with Crippen LogP contribution in [-0.2, 0) is 10.0 Å². The number of para-hydroxylation sites is 2. The summed E-state index contributed by atoms with van der Waals surface area (Å²) < 4.78 is 31.4. The van der Waals surface area contributed by atoms with Gasteiger partial charge in [0.2, 0.25) is 0 Å². The molecule has 0 saturated heterocycles. The molecule has 0 saturated carbocycles. The van der Waals surface area contributed by atoms with Crippen molar-refractivity contribution >= 4 is 21.5 Å². The fourth-order valence-electron chi connectivity index (χ4n) is 1.77. The van der Waals surface area contributed by atoms with Crippen molar-refractivity contribution in [3.05, 3.63) is 42.6 Å². The molecule has 20 heavy (non-hydrogen) atoms. The van der Waals surface area contributed by atoms with Crippen LogP contribution in [0.1, 0.15) is 0 Å². The Hall–Kier alpha value is -2.28. The van der Waals surface area contributed by atoms with Crippen molar-refractivity contribution in [3.63, 3.8) is 0 Å². The Kier molecular flexibility index (Phi) is 3.80. The summed E-state index contributed by atoms with van der Waals surface area (Å²) in [4.78, 5) is 3.87. The van der Waals surface area contributed by atoms with E-state index >= 15 is 0 Å². The molecule has 0 aliphatic heterocycles. The van der Waals surface area contributed by atoms with Crippen molar-refractivity contribution in [3.8, 4) is 5.75 Å². The van der Waals surface area contributed by atoms with E-state index in [1.165, 1.54) is 32.5 Å². The van der Waals surface area contributed by atoms with E-state index < -0.39 is 10.0 Å². The van der Waals surface area contributed by atoms with Gasteiger partial charge in [-0.3, -0.25) is 4.31 Å². The number of nitrogen functional groups attached to an aromatic ring is 1. The van der Waals surface area contributed by atoms with Gasteiger partial charge in [0.05, 0.1) is 17.7 Å². The summed E-state index contributed by atoms with van der Waals surface area (Å²) >= 11 is 0. The largest absolute Gasteiger partial charge is 0.495 e. The number of benzene rings is 1. The molecule has 0 atom stereocenters. The average Bonchev–Trinajstić information content (AvgIpc) is 2.46. The molecule has 0 spiro atoms. The molecule has 0 aliphatic rings. The first-order valence-electron chi connectivity index (χ1n) is 5.80. The molecular weight excluding hydrogens is 278 g/mol. The van der Waals surface area contributed by atoms with Crippen molar-refractivity contribution in [2.75, 3.05) is 24.2 Å². The molecule has 7 heteroatoms. The van der Waals surface area contributed by atoms with Crippen LogP contribution < -0.4 is 14.8 Å². The number of rotatable bonds is 4. The molecule has 0 amide bonds. The molecule has 0 bridgehead atoms. The van der Waals surface area contributed by atoms with Gasteiger partial charge in [-0.05, 0) is 18.2 Å². The van der Waals surface area contributed by atoms with E-state index in [4.69, 9.17) is 10.5 Å². The van der Waals surface area contributed by atoms with Crippen molar-refractivity contribution in [2.24, 2.45) is 0 Å². The minimum atomic E-state index is -3.71. The monoisotopic (exact) mass is 293 g/mol. The zero-order chi connectivity index (χ0) is 14.8. The Labute approximate surface area is 117 Å². The molecular formula is C13H15N3O3S. The van der Waals surface area contributed by atoms with Gasteiger partial charge in [-0.15, -0.1) is 0 Å². The number of methoxy groups -OCH3 is 1. The molecule has 2 rings (SSSR count). The predicted molar refractivity (Wildman–Crippen MR) is 77.2 cm³/mol. The maximum absolute atomic E-state index is 12.5. The van der Waals surface area contributed by atoms with E-state index in [9.17, 15) is 8.42 Å². The van der Waals surface area contributed by atoms with Gasteiger partial charge in [0.1, 0.15) is 11.6 Å². The average molecular weight is 293 g/mol. The number of anilines is 2. The molecule has 1 heterocycles. The maximum atomic E-state index is 12.5. The second-order valence-corrected chi connectivity index (χ2v) is 6.03. The summed E-state index contributed by atoms with van der Waals surface area (Å²) in [5.41, 5.74) is 5.98. The minimum Gasteiger partial charge on any atom is -0.495 e. The van der Waals surface area contributed by atoms with E-state index in [1.54, 1.807) is 24.3 Å². The number of hydrogen-bond acceptors (Lipinski definition) is 5. The summed E-state index contributed by atoms with van der Waals surface area (Å²) in [6.07, 6.45) is 1.36. The van der Waals surface area contributed by atoms with Crippen molar-refractivity contribution in [1.82, 2.24) is 4.98 Å². The Balaban J connectivity index is 2.49. The third-order valence-electron chi connectivity index (χ3n) is 2.84. The molecule has 0 aliphatic carbocycles. The summed E-state index contributed by atoms with van der Waals surface area (Å²) in [7, 11) is -0.762. The second-order valence-electron chi connectivity index (χ2n) is 4.06. The van der Waals surface area contributed by atoms with Crippen LogP contribution in [0.2, 0.25) is 0 Å². The summed E-state index contributed by atoms with van der Waals surface area (Å²) in [6, 6.07) is 9.60. The maximum Gasteiger partial charge on any atom is 0.264 e. The van der Waals surface area contributed by atoms with E-state index in [0.29, 0.717) is 11.4 Å². The Morgan fingerprint density at radius 1 is 1.25 bits per heavy atom.